The summed E-state index contributed by atoms with van der Waals surface area (Å²) in [6, 6.07) is 13.5. The maximum Gasteiger partial charge on any atom is 0.271 e. The molecule has 0 aliphatic heterocycles. The highest BCUT2D eigenvalue weighted by Crippen LogP contribution is 2.30. The molecule has 1 N–H and O–H groups in total. The SMILES string of the molecule is COc1ccc([N+](=O)[O-])cc1NC(=O)C(C)Sc1nncn1-c1ccccc1. The van der Waals surface area contributed by atoms with E-state index in [0.717, 1.165) is 5.69 Å². The minimum Gasteiger partial charge on any atom is -0.495 e. The molecule has 1 atom stereocenters. The van der Waals surface area contributed by atoms with E-state index in [2.05, 4.69) is 15.5 Å². The normalized spacial score (nSPS) is 11.6. The van der Waals surface area contributed by atoms with Crippen LogP contribution in [0.3, 0.4) is 0 Å². The largest absolute Gasteiger partial charge is 0.495 e. The zero-order valence-electron chi connectivity index (χ0n) is 15.1. The number of amides is 1. The monoisotopic (exact) mass is 399 g/mol. The van der Waals surface area contributed by atoms with Crippen molar-refractivity contribution in [2.45, 2.75) is 17.3 Å². The molecule has 1 amide bonds. The summed E-state index contributed by atoms with van der Waals surface area (Å²) in [6.45, 7) is 1.72. The maximum absolute atomic E-state index is 12.6. The molecule has 0 fully saturated rings. The van der Waals surface area contributed by atoms with Gasteiger partial charge in [0.2, 0.25) is 5.91 Å². The summed E-state index contributed by atoms with van der Waals surface area (Å²) in [5.41, 5.74) is 0.974. The van der Waals surface area contributed by atoms with Crippen LogP contribution < -0.4 is 10.1 Å². The lowest BCUT2D eigenvalue weighted by Crippen LogP contribution is -2.23. The lowest BCUT2D eigenvalue weighted by molar-refractivity contribution is -0.384. The van der Waals surface area contributed by atoms with Crippen LogP contribution in [0.25, 0.3) is 5.69 Å². The van der Waals surface area contributed by atoms with Crippen molar-refractivity contribution < 1.29 is 14.5 Å². The van der Waals surface area contributed by atoms with Gasteiger partial charge >= 0.3 is 0 Å². The topological polar surface area (TPSA) is 112 Å². The molecule has 3 aromatic rings. The van der Waals surface area contributed by atoms with Crippen LogP contribution in [0.1, 0.15) is 6.92 Å². The Labute approximate surface area is 164 Å². The van der Waals surface area contributed by atoms with Crippen LogP contribution in [0.2, 0.25) is 0 Å². The van der Waals surface area contributed by atoms with Crippen LogP contribution >= 0.6 is 11.8 Å². The number of non-ortho nitro benzene ring substituents is 1. The standard InChI is InChI=1S/C18H17N5O4S/c1-12(28-18-21-19-11-22(18)13-6-4-3-5-7-13)17(24)20-15-10-14(23(25)26)8-9-16(15)27-2/h3-12H,1-2H3,(H,20,24). The Morgan fingerprint density at radius 1 is 1.29 bits per heavy atom. The van der Waals surface area contributed by atoms with Gasteiger partial charge in [0.25, 0.3) is 5.69 Å². The van der Waals surface area contributed by atoms with Crippen molar-refractivity contribution in [3.63, 3.8) is 0 Å². The second kappa shape index (κ2) is 8.53. The van der Waals surface area contributed by atoms with Crippen LogP contribution in [0, 0.1) is 10.1 Å². The van der Waals surface area contributed by atoms with Crippen molar-refractivity contribution in [3.05, 3.63) is 65.0 Å². The van der Waals surface area contributed by atoms with Gasteiger partial charge in [-0.05, 0) is 25.1 Å². The third-order valence-electron chi connectivity index (χ3n) is 3.85. The fraction of sp³-hybridized carbons (Fsp3) is 0.167. The van der Waals surface area contributed by atoms with E-state index in [9.17, 15) is 14.9 Å². The fourth-order valence-electron chi connectivity index (χ4n) is 2.42. The van der Waals surface area contributed by atoms with Gasteiger partial charge in [0.05, 0.1) is 23.0 Å². The van der Waals surface area contributed by atoms with Gasteiger partial charge in [-0.2, -0.15) is 0 Å². The van der Waals surface area contributed by atoms with Crippen molar-refractivity contribution in [2.75, 3.05) is 12.4 Å². The zero-order chi connectivity index (χ0) is 20.1. The summed E-state index contributed by atoms with van der Waals surface area (Å²) in [6.07, 6.45) is 1.58. The number of benzene rings is 2. The minimum absolute atomic E-state index is 0.139. The second-order valence-corrected chi connectivity index (χ2v) is 7.02. The van der Waals surface area contributed by atoms with Crippen LogP contribution in [-0.4, -0.2) is 38.0 Å². The molecule has 0 spiro atoms. The van der Waals surface area contributed by atoms with Crippen LogP contribution in [0.5, 0.6) is 5.75 Å². The quantitative estimate of drug-likeness (QED) is 0.368. The highest BCUT2D eigenvalue weighted by molar-refractivity contribution is 8.00. The van der Waals surface area contributed by atoms with Gasteiger partial charge < -0.3 is 10.1 Å². The number of nitrogens with zero attached hydrogens (tertiary/aromatic N) is 4. The number of hydrogen-bond donors (Lipinski definition) is 1. The van der Waals surface area contributed by atoms with E-state index < -0.39 is 10.2 Å². The Kier molecular flexibility index (Phi) is 5.90. The molecule has 9 nitrogen and oxygen atoms in total. The predicted molar refractivity (Wildman–Crippen MR) is 105 cm³/mol. The summed E-state index contributed by atoms with van der Waals surface area (Å²) in [4.78, 5) is 23.1. The summed E-state index contributed by atoms with van der Waals surface area (Å²) >= 11 is 1.23. The number of rotatable bonds is 7. The number of methoxy groups -OCH3 is 1. The number of ether oxygens (including phenoxy) is 1. The first-order chi connectivity index (χ1) is 13.5. The first-order valence-electron chi connectivity index (χ1n) is 8.25. The number of aromatic nitrogens is 3. The minimum atomic E-state index is -0.532. The van der Waals surface area contributed by atoms with E-state index >= 15 is 0 Å². The van der Waals surface area contributed by atoms with Gasteiger partial charge in [0.1, 0.15) is 12.1 Å². The molecule has 28 heavy (non-hydrogen) atoms. The van der Waals surface area contributed by atoms with Crippen molar-refractivity contribution in [3.8, 4) is 11.4 Å². The predicted octanol–water partition coefficient (Wildman–Crippen LogP) is 3.30. The van der Waals surface area contributed by atoms with Gasteiger partial charge in [-0.15, -0.1) is 10.2 Å². The number of nitrogens with one attached hydrogen (secondary N) is 1. The molecule has 2 aromatic carbocycles. The van der Waals surface area contributed by atoms with Crippen LogP contribution in [-0.2, 0) is 4.79 Å². The molecule has 144 valence electrons. The van der Waals surface area contributed by atoms with Crippen LogP contribution in [0.15, 0.2) is 60.0 Å². The van der Waals surface area contributed by atoms with Gasteiger partial charge in [-0.3, -0.25) is 19.5 Å². The maximum atomic E-state index is 12.6. The highest BCUT2D eigenvalue weighted by Gasteiger charge is 2.21. The number of anilines is 1. The Balaban J connectivity index is 1.76. The number of nitro benzene ring substituents is 1. The summed E-state index contributed by atoms with van der Waals surface area (Å²) in [5, 5.41) is 21.7. The van der Waals surface area contributed by atoms with E-state index in [1.165, 1.54) is 37.1 Å². The molecular weight excluding hydrogens is 382 g/mol. The summed E-state index contributed by atoms with van der Waals surface area (Å²) < 4.78 is 6.95. The number of nitro groups is 1. The first-order valence-corrected chi connectivity index (χ1v) is 9.13. The molecule has 3 rings (SSSR count). The second-order valence-electron chi connectivity index (χ2n) is 5.71. The summed E-state index contributed by atoms with van der Waals surface area (Å²) in [5.74, 6) is -0.00462. The van der Waals surface area contributed by atoms with Crippen molar-refractivity contribution in [1.29, 1.82) is 0 Å². The lowest BCUT2D eigenvalue weighted by Gasteiger charge is -2.14. The van der Waals surface area contributed by atoms with Crippen molar-refractivity contribution >= 4 is 29.0 Å². The van der Waals surface area contributed by atoms with E-state index in [0.29, 0.717) is 10.9 Å². The van der Waals surface area contributed by atoms with Gasteiger partial charge in [0, 0.05) is 17.8 Å². The summed E-state index contributed by atoms with van der Waals surface area (Å²) in [7, 11) is 1.43. The van der Waals surface area contributed by atoms with E-state index in [1.54, 1.807) is 17.8 Å². The first kappa shape index (κ1) is 19.4. The Bertz CT molecular complexity index is 993. The lowest BCUT2D eigenvalue weighted by atomic mass is 10.2. The van der Waals surface area contributed by atoms with Gasteiger partial charge in [-0.25, -0.2) is 0 Å². The molecule has 0 aliphatic rings. The molecule has 0 radical (unpaired) electrons. The van der Waals surface area contributed by atoms with E-state index in [-0.39, 0.29) is 17.3 Å². The molecule has 0 saturated carbocycles. The molecule has 10 heteroatoms. The molecule has 1 aromatic heterocycles. The number of thioether (sulfide) groups is 1. The van der Waals surface area contributed by atoms with Crippen LogP contribution in [0.4, 0.5) is 11.4 Å². The fourth-order valence-corrected chi connectivity index (χ4v) is 3.27. The Morgan fingerprint density at radius 2 is 2.04 bits per heavy atom. The third kappa shape index (κ3) is 4.29. The average Bonchev–Trinajstić information content (AvgIpc) is 3.16. The van der Waals surface area contributed by atoms with E-state index in [4.69, 9.17) is 4.74 Å². The average molecular weight is 399 g/mol. The van der Waals surface area contributed by atoms with Gasteiger partial charge in [0.15, 0.2) is 5.16 Å². The molecule has 0 aliphatic carbocycles. The molecule has 1 heterocycles. The number of carbonyl (C=O) groups is 1. The van der Waals surface area contributed by atoms with Gasteiger partial charge in [-0.1, -0.05) is 30.0 Å². The smallest absolute Gasteiger partial charge is 0.271 e. The molecule has 1 unspecified atom stereocenters. The van der Waals surface area contributed by atoms with Crippen molar-refractivity contribution in [2.24, 2.45) is 0 Å². The molecule has 0 bridgehead atoms. The number of para-hydroxylation sites is 1. The number of hydrogen-bond acceptors (Lipinski definition) is 7. The van der Waals surface area contributed by atoms with E-state index in [1.807, 2.05) is 30.3 Å². The highest BCUT2D eigenvalue weighted by atomic mass is 32.2. The third-order valence-corrected chi connectivity index (χ3v) is 4.91. The number of carbonyl (C=O) groups excluding carboxylic acids is 1. The van der Waals surface area contributed by atoms with Crippen molar-refractivity contribution in [1.82, 2.24) is 14.8 Å². The molecule has 0 saturated heterocycles. The zero-order valence-corrected chi connectivity index (χ0v) is 15.9. The Morgan fingerprint density at radius 3 is 2.71 bits per heavy atom. The Hall–Kier alpha value is -3.40. The molecular formula is C18H17N5O4S.